The van der Waals surface area contributed by atoms with Gasteiger partial charge in [-0.05, 0) is 36.6 Å². The average Bonchev–Trinajstić information content (AvgIpc) is 2.67. The largest absolute Gasteiger partial charge is 0.507 e. The summed E-state index contributed by atoms with van der Waals surface area (Å²) in [5.41, 5.74) is 0.757. The molecule has 0 unspecified atom stereocenters. The fourth-order valence-electron chi connectivity index (χ4n) is 2.23. The molecule has 0 fully saturated rings. The molecule has 0 aliphatic carbocycles. The maximum absolute atomic E-state index is 12.1. The molecule has 0 atom stereocenters. The summed E-state index contributed by atoms with van der Waals surface area (Å²) in [5, 5.41) is 28.1. The van der Waals surface area contributed by atoms with E-state index in [9.17, 15) is 15.2 Å². The van der Waals surface area contributed by atoms with Gasteiger partial charge in [-0.2, -0.15) is 15.5 Å². The zero-order valence-electron chi connectivity index (χ0n) is 13.7. The van der Waals surface area contributed by atoms with Crippen LogP contribution in [0.2, 0.25) is 0 Å². The molecule has 0 bridgehead atoms. The summed E-state index contributed by atoms with van der Waals surface area (Å²) in [7, 11) is 0. The summed E-state index contributed by atoms with van der Waals surface area (Å²) in [6, 6.07) is 15.6. The highest BCUT2D eigenvalue weighted by Gasteiger charge is 2.16. The third kappa shape index (κ3) is 3.63. The number of phenolic OH excluding ortho intramolecular Hbond substituents is 1. The predicted octanol–water partition coefficient (Wildman–Crippen LogP) is 4.15. The molecule has 3 aromatic rings. The lowest BCUT2D eigenvalue weighted by Gasteiger charge is -2.07. The predicted molar refractivity (Wildman–Crippen MR) is 99.1 cm³/mol. The molecule has 0 aliphatic heterocycles. The van der Waals surface area contributed by atoms with Gasteiger partial charge >= 0.3 is 0 Å². The van der Waals surface area contributed by atoms with E-state index in [1.807, 2.05) is 36.4 Å². The Kier molecular flexibility index (Phi) is 5.10. The van der Waals surface area contributed by atoms with Crippen molar-refractivity contribution >= 4 is 23.1 Å². The Bertz CT molecular complexity index is 1070. The van der Waals surface area contributed by atoms with Crippen LogP contribution in [0.4, 0.5) is 11.4 Å². The molecule has 0 radical (unpaired) electrons. The molecule has 0 spiro atoms. The zero-order chi connectivity index (χ0) is 18.5. The number of benzene rings is 2. The number of aromatic amines is 1. The summed E-state index contributed by atoms with van der Waals surface area (Å²) in [5.74, 6) is -0.106. The minimum atomic E-state index is -0.558. The number of thioether (sulfide) groups is 1. The first-order chi connectivity index (χ1) is 12.6. The van der Waals surface area contributed by atoms with Gasteiger partial charge in [0.25, 0.3) is 5.56 Å². The highest BCUT2D eigenvalue weighted by molar-refractivity contribution is 7.98. The minimum absolute atomic E-state index is 0.106. The lowest BCUT2D eigenvalue weighted by Crippen LogP contribution is -2.14. The highest BCUT2D eigenvalue weighted by Crippen LogP contribution is 2.33. The lowest BCUT2D eigenvalue weighted by molar-refractivity contribution is 0.477. The first-order valence-electron chi connectivity index (χ1n) is 7.51. The van der Waals surface area contributed by atoms with Gasteiger partial charge < -0.3 is 10.1 Å². The summed E-state index contributed by atoms with van der Waals surface area (Å²) in [4.78, 5) is 18.9. The van der Waals surface area contributed by atoms with Crippen molar-refractivity contribution in [2.75, 3.05) is 6.26 Å². The van der Waals surface area contributed by atoms with E-state index >= 15 is 0 Å². The van der Waals surface area contributed by atoms with Crippen LogP contribution in [0, 0.1) is 11.3 Å². The number of H-pyrrole nitrogens is 1. The second-order valence-electron chi connectivity index (χ2n) is 5.15. The van der Waals surface area contributed by atoms with Gasteiger partial charge in [0.2, 0.25) is 0 Å². The van der Waals surface area contributed by atoms with E-state index in [4.69, 9.17) is 0 Å². The molecule has 0 saturated carbocycles. The van der Waals surface area contributed by atoms with Crippen molar-refractivity contribution in [3.63, 3.8) is 0 Å². The number of aromatic hydroxyl groups is 1. The van der Waals surface area contributed by atoms with Crippen molar-refractivity contribution < 1.29 is 5.11 Å². The molecule has 128 valence electrons. The Morgan fingerprint density at radius 2 is 1.88 bits per heavy atom. The number of hydrogen-bond donors (Lipinski definition) is 2. The molecule has 0 amide bonds. The number of nitrogens with one attached hydrogen (secondary N) is 1. The zero-order valence-corrected chi connectivity index (χ0v) is 14.5. The van der Waals surface area contributed by atoms with E-state index < -0.39 is 5.56 Å². The Hall–Kier alpha value is -3.44. The third-order valence-electron chi connectivity index (χ3n) is 3.48. The van der Waals surface area contributed by atoms with Crippen molar-refractivity contribution in [3.8, 4) is 23.1 Å². The van der Waals surface area contributed by atoms with Gasteiger partial charge in [-0.3, -0.25) is 4.79 Å². The fraction of sp³-hybridized carbons (Fsp3) is 0.0556. The molecule has 1 aromatic heterocycles. The first-order valence-corrected chi connectivity index (χ1v) is 8.73. The Balaban J connectivity index is 2.10. The second kappa shape index (κ2) is 7.63. The number of aromatic nitrogens is 2. The first kappa shape index (κ1) is 17.4. The number of nitriles is 1. The summed E-state index contributed by atoms with van der Waals surface area (Å²) in [6.07, 6.45) is 1.75. The number of hydrogen-bond acceptors (Lipinski definition) is 7. The number of nitrogens with zero attached hydrogens (tertiary/aromatic N) is 4. The molecular formula is C18H13N5O2S. The number of azo groups is 1. The Morgan fingerprint density at radius 1 is 1.15 bits per heavy atom. The summed E-state index contributed by atoms with van der Waals surface area (Å²) >= 11 is 1.23. The van der Waals surface area contributed by atoms with E-state index in [0.717, 1.165) is 0 Å². The molecular weight excluding hydrogens is 350 g/mol. The quantitative estimate of drug-likeness (QED) is 0.410. The molecule has 26 heavy (non-hydrogen) atoms. The summed E-state index contributed by atoms with van der Waals surface area (Å²) in [6.45, 7) is 0. The average molecular weight is 363 g/mol. The topological polar surface area (TPSA) is 114 Å². The van der Waals surface area contributed by atoms with Crippen molar-refractivity contribution in [3.05, 3.63) is 64.4 Å². The van der Waals surface area contributed by atoms with Crippen LogP contribution in [0.5, 0.6) is 5.75 Å². The monoisotopic (exact) mass is 363 g/mol. The maximum atomic E-state index is 12.1. The van der Waals surface area contributed by atoms with Gasteiger partial charge in [-0.1, -0.05) is 30.0 Å². The molecule has 2 N–H and O–H groups in total. The van der Waals surface area contributed by atoms with E-state index in [1.54, 1.807) is 12.3 Å². The van der Waals surface area contributed by atoms with Crippen LogP contribution in [-0.2, 0) is 0 Å². The maximum Gasteiger partial charge on any atom is 0.270 e. The van der Waals surface area contributed by atoms with Crippen LogP contribution in [0.25, 0.3) is 11.3 Å². The summed E-state index contributed by atoms with van der Waals surface area (Å²) < 4.78 is 0. The molecule has 0 aliphatic rings. The third-order valence-corrected chi connectivity index (χ3v) is 4.06. The molecule has 1 heterocycles. The molecule has 2 aromatic carbocycles. The van der Waals surface area contributed by atoms with E-state index in [2.05, 4.69) is 20.2 Å². The fourth-order valence-corrected chi connectivity index (χ4v) is 2.61. The van der Waals surface area contributed by atoms with Crippen molar-refractivity contribution in [1.29, 1.82) is 5.26 Å². The lowest BCUT2D eigenvalue weighted by atomic mass is 10.1. The smallest absolute Gasteiger partial charge is 0.270 e. The second-order valence-corrected chi connectivity index (χ2v) is 5.94. The van der Waals surface area contributed by atoms with Crippen LogP contribution in [0.3, 0.4) is 0 Å². The SMILES string of the molecule is CSc1nc(-c2cc(N=Nc3ccccc3)ccc2O)c(C#N)c(=O)[nH]1. The Morgan fingerprint density at radius 3 is 2.58 bits per heavy atom. The van der Waals surface area contributed by atoms with Gasteiger partial charge in [0.05, 0.1) is 11.4 Å². The van der Waals surface area contributed by atoms with Crippen LogP contribution < -0.4 is 5.56 Å². The van der Waals surface area contributed by atoms with Crippen LogP contribution >= 0.6 is 11.8 Å². The van der Waals surface area contributed by atoms with Crippen LogP contribution in [0.1, 0.15) is 5.56 Å². The van der Waals surface area contributed by atoms with Gasteiger partial charge in [0.15, 0.2) is 5.16 Å². The van der Waals surface area contributed by atoms with Gasteiger partial charge in [0.1, 0.15) is 23.1 Å². The van der Waals surface area contributed by atoms with Gasteiger partial charge in [-0.25, -0.2) is 4.98 Å². The number of phenols is 1. The van der Waals surface area contributed by atoms with Crippen molar-refractivity contribution in [1.82, 2.24) is 9.97 Å². The van der Waals surface area contributed by atoms with Gasteiger partial charge in [0, 0.05) is 5.56 Å². The van der Waals surface area contributed by atoms with Crippen LogP contribution in [0.15, 0.2) is 68.7 Å². The minimum Gasteiger partial charge on any atom is -0.507 e. The Labute approximate surface area is 153 Å². The standard InChI is InChI=1S/C18H13N5O2S/c1-26-18-20-16(14(10-19)17(25)21-18)13-9-12(7-8-15(13)24)23-22-11-5-3-2-4-6-11/h2-9,24H,1H3,(H,20,21,25). The molecule has 0 saturated heterocycles. The normalized spacial score (nSPS) is 10.8. The van der Waals surface area contributed by atoms with Crippen LogP contribution in [-0.4, -0.2) is 21.3 Å². The van der Waals surface area contributed by atoms with Crippen molar-refractivity contribution in [2.45, 2.75) is 5.16 Å². The molecule has 8 heteroatoms. The van der Waals surface area contributed by atoms with E-state index in [-0.39, 0.29) is 22.6 Å². The molecule has 3 rings (SSSR count). The highest BCUT2D eigenvalue weighted by atomic mass is 32.2. The van der Waals surface area contributed by atoms with Crippen molar-refractivity contribution in [2.24, 2.45) is 10.2 Å². The van der Waals surface area contributed by atoms with E-state index in [0.29, 0.717) is 16.5 Å². The molecule has 7 nitrogen and oxygen atoms in total. The number of rotatable bonds is 4. The van der Waals surface area contributed by atoms with Gasteiger partial charge in [-0.15, -0.1) is 0 Å². The van der Waals surface area contributed by atoms with E-state index in [1.165, 1.54) is 23.9 Å².